The maximum atomic E-state index is 11.8. The van der Waals surface area contributed by atoms with Gasteiger partial charge in [-0.15, -0.1) is 0 Å². The van der Waals surface area contributed by atoms with Gasteiger partial charge in [0.15, 0.2) is 0 Å². The summed E-state index contributed by atoms with van der Waals surface area (Å²) in [5.41, 5.74) is 4.21. The Morgan fingerprint density at radius 1 is 1.22 bits per heavy atom. The molecule has 0 bridgehead atoms. The van der Waals surface area contributed by atoms with Gasteiger partial charge < -0.3 is 10.3 Å². The summed E-state index contributed by atoms with van der Waals surface area (Å²) >= 11 is 0. The highest BCUT2D eigenvalue weighted by molar-refractivity contribution is 5.92. The number of H-pyrrole nitrogens is 1. The largest absolute Gasteiger partial charge is 0.365 e. The SMILES string of the molecule is CCc1ccc(NC(=O)Cc2c[nH]c(C)c2)cc1. The minimum absolute atomic E-state index is 0.0123. The minimum atomic E-state index is 0.0123. The van der Waals surface area contributed by atoms with Crippen molar-refractivity contribution in [1.29, 1.82) is 0 Å². The van der Waals surface area contributed by atoms with E-state index in [-0.39, 0.29) is 5.91 Å². The number of aromatic nitrogens is 1. The van der Waals surface area contributed by atoms with E-state index in [9.17, 15) is 4.79 Å². The lowest BCUT2D eigenvalue weighted by Gasteiger charge is -2.05. The number of anilines is 1. The van der Waals surface area contributed by atoms with Crippen LogP contribution in [0.4, 0.5) is 5.69 Å². The Bertz CT molecular complexity index is 526. The molecule has 1 aromatic heterocycles. The summed E-state index contributed by atoms with van der Waals surface area (Å²) in [5, 5.41) is 2.90. The second-order valence-electron chi connectivity index (χ2n) is 4.47. The molecular formula is C15H18N2O. The number of amides is 1. The molecule has 1 aromatic carbocycles. The number of carbonyl (C=O) groups is 1. The zero-order valence-electron chi connectivity index (χ0n) is 10.8. The molecule has 1 amide bonds. The maximum Gasteiger partial charge on any atom is 0.228 e. The average Bonchev–Trinajstić information content (AvgIpc) is 2.75. The molecule has 0 saturated heterocycles. The van der Waals surface area contributed by atoms with E-state index in [4.69, 9.17) is 0 Å². The number of aryl methyl sites for hydroxylation is 2. The number of aromatic amines is 1. The van der Waals surface area contributed by atoms with E-state index in [1.807, 2.05) is 43.5 Å². The molecule has 0 fully saturated rings. The smallest absolute Gasteiger partial charge is 0.228 e. The molecule has 2 rings (SSSR count). The van der Waals surface area contributed by atoms with Gasteiger partial charge in [-0.2, -0.15) is 0 Å². The lowest BCUT2D eigenvalue weighted by atomic mass is 10.1. The lowest BCUT2D eigenvalue weighted by Crippen LogP contribution is -2.13. The second-order valence-corrected chi connectivity index (χ2v) is 4.47. The molecule has 0 spiro atoms. The van der Waals surface area contributed by atoms with Crippen molar-refractivity contribution in [1.82, 2.24) is 4.98 Å². The fourth-order valence-electron chi connectivity index (χ4n) is 1.88. The Morgan fingerprint density at radius 3 is 2.50 bits per heavy atom. The van der Waals surface area contributed by atoms with Crippen LogP contribution in [0.2, 0.25) is 0 Å². The first kappa shape index (κ1) is 12.4. The highest BCUT2D eigenvalue weighted by atomic mass is 16.1. The lowest BCUT2D eigenvalue weighted by molar-refractivity contribution is -0.115. The number of carbonyl (C=O) groups excluding carboxylic acids is 1. The van der Waals surface area contributed by atoms with Gasteiger partial charge in [-0.3, -0.25) is 4.79 Å². The number of hydrogen-bond acceptors (Lipinski definition) is 1. The van der Waals surface area contributed by atoms with Gasteiger partial charge in [0.1, 0.15) is 0 Å². The van der Waals surface area contributed by atoms with Crippen molar-refractivity contribution in [2.75, 3.05) is 5.32 Å². The molecule has 3 nitrogen and oxygen atoms in total. The van der Waals surface area contributed by atoms with Gasteiger partial charge in [-0.05, 0) is 42.7 Å². The molecule has 2 N–H and O–H groups in total. The predicted octanol–water partition coefficient (Wildman–Crippen LogP) is 3.07. The van der Waals surface area contributed by atoms with Crippen LogP contribution in [0.15, 0.2) is 36.5 Å². The minimum Gasteiger partial charge on any atom is -0.365 e. The van der Waals surface area contributed by atoms with Crippen LogP contribution in [0.3, 0.4) is 0 Å². The molecule has 18 heavy (non-hydrogen) atoms. The van der Waals surface area contributed by atoms with Crippen LogP contribution in [-0.4, -0.2) is 10.9 Å². The van der Waals surface area contributed by atoms with Crippen LogP contribution < -0.4 is 5.32 Å². The normalized spacial score (nSPS) is 10.3. The summed E-state index contributed by atoms with van der Waals surface area (Å²) in [5.74, 6) is 0.0123. The molecule has 0 radical (unpaired) electrons. The summed E-state index contributed by atoms with van der Waals surface area (Å²) in [7, 11) is 0. The maximum absolute atomic E-state index is 11.8. The zero-order chi connectivity index (χ0) is 13.0. The van der Waals surface area contributed by atoms with Gasteiger partial charge in [-0.25, -0.2) is 0 Å². The molecule has 0 aliphatic carbocycles. The molecule has 0 aliphatic heterocycles. The number of benzene rings is 1. The van der Waals surface area contributed by atoms with Gasteiger partial charge in [0.2, 0.25) is 5.91 Å². The van der Waals surface area contributed by atoms with E-state index < -0.39 is 0 Å². The van der Waals surface area contributed by atoms with E-state index in [1.165, 1.54) is 5.56 Å². The number of hydrogen-bond donors (Lipinski definition) is 2. The van der Waals surface area contributed by atoms with E-state index in [0.717, 1.165) is 23.4 Å². The Balaban J connectivity index is 1.94. The Hall–Kier alpha value is -2.03. The van der Waals surface area contributed by atoms with Crippen molar-refractivity contribution in [3.63, 3.8) is 0 Å². The fraction of sp³-hybridized carbons (Fsp3) is 0.267. The average molecular weight is 242 g/mol. The van der Waals surface area contributed by atoms with Gasteiger partial charge in [0.25, 0.3) is 0 Å². The molecule has 2 aromatic rings. The van der Waals surface area contributed by atoms with Crippen LogP contribution in [0, 0.1) is 6.92 Å². The van der Waals surface area contributed by atoms with E-state index >= 15 is 0 Å². The van der Waals surface area contributed by atoms with E-state index in [1.54, 1.807) is 0 Å². The molecule has 0 aliphatic rings. The Labute approximate surface area is 107 Å². The summed E-state index contributed by atoms with van der Waals surface area (Å²) < 4.78 is 0. The fourth-order valence-corrected chi connectivity index (χ4v) is 1.88. The van der Waals surface area contributed by atoms with Crippen molar-refractivity contribution in [2.45, 2.75) is 26.7 Å². The van der Waals surface area contributed by atoms with Gasteiger partial charge >= 0.3 is 0 Å². The molecular weight excluding hydrogens is 224 g/mol. The van der Waals surface area contributed by atoms with E-state index in [2.05, 4.69) is 17.2 Å². The number of nitrogens with one attached hydrogen (secondary N) is 2. The van der Waals surface area contributed by atoms with Crippen LogP contribution in [0.1, 0.15) is 23.7 Å². The Kier molecular flexibility index (Phi) is 3.82. The highest BCUT2D eigenvalue weighted by Gasteiger charge is 2.05. The standard InChI is InChI=1S/C15H18N2O/c1-3-12-4-6-14(7-5-12)17-15(18)9-13-8-11(2)16-10-13/h4-8,10,16H,3,9H2,1-2H3,(H,17,18). The third-order valence-corrected chi connectivity index (χ3v) is 2.90. The van der Waals surface area contributed by atoms with Gasteiger partial charge in [0, 0.05) is 17.6 Å². The van der Waals surface area contributed by atoms with Gasteiger partial charge in [0.05, 0.1) is 6.42 Å². The van der Waals surface area contributed by atoms with Crippen molar-refractivity contribution in [3.05, 3.63) is 53.3 Å². The van der Waals surface area contributed by atoms with Crippen LogP contribution in [0.25, 0.3) is 0 Å². The van der Waals surface area contributed by atoms with Crippen molar-refractivity contribution in [3.8, 4) is 0 Å². The summed E-state index contributed by atoms with van der Waals surface area (Å²) in [6, 6.07) is 9.95. The monoisotopic (exact) mass is 242 g/mol. The molecule has 0 unspecified atom stereocenters. The van der Waals surface area contributed by atoms with E-state index in [0.29, 0.717) is 6.42 Å². The van der Waals surface area contributed by atoms with Gasteiger partial charge in [-0.1, -0.05) is 19.1 Å². The van der Waals surface area contributed by atoms with Crippen LogP contribution in [0.5, 0.6) is 0 Å². The predicted molar refractivity (Wildman–Crippen MR) is 73.7 cm³/mol. The van der Waals surface area contributed by atoms with Crippen LogP contribution >= 0.6 is 0 Å². The molecule has 1 heterocycles. The van der Waals surface area contributed by atoms with Crippen molar-refractivity contribution in [2.24, 2.45) is 0 Å². The summed E-state index contributed by atoms with van der Waals surface area (Å²) in [6.07, 6.45) is 3.28. The number of rotatable bonds is 4. The summed E-state index contributed by atoms with van der Waals surface area (Å²) in [6.45, 7) is 4.09. The van der Waals surface area contributed by atoms with Crippen molar-refractivity contribution >= 4 is 11.6 Å². The zero-order valence-corrected chi connectivity index (χ0v) is 10.8. The third-order valence-electron chi connectivity index (χ3n) is 2.90. The molecule has 3 heteroatoms. The topological polar surface area (TPSA) is 44.9 Å². The molecule has 0 saturated carbocycles. The second kappa shape index (κ2) is 5.54. The first-order chi connectivity index (χ1) is 8.67. The highest BCUT2D eigenvalue weighted by Crippen LogP contribution is 2.11. The van der Waals surface area contributed by atoms with Crippen molar-refractivity contribution < 1.29 is 4.79 Å². The van der Waals surface area contributed by atoms with Crippen LogP contribution in [-0.2, 0) is 17.6 Å². The summed E-state index contributed by atoms with van der Waals surface area (Å²) in [4.78, 5) is 14.9. The first-order valence-corrected chi connectivity index (χ1v) is 6.20. The molecule has 94 valence electrons. The molecule has 0 atom stereocenters. The third kappa shape index (κ3) is 3.23. The Morgan fingerprint density at radius 2 is 1.94 bits per heavy atom. The quantitative estimate of drug-likeness (QED) is 0.850. The first-order valence-electron chi connectivity index (χ1n) is 6.20.